The van der Waals surface area contributed by atoms with Crippen LogP contribution in [-0.4, -0.2) is 87.1 Å². The second kappa shape index (κ2) is 12.7. The van der Waals surface area contributed by atoms with E-state index >= 15 is 0 Å². The van der Waals surface area contributed by atoms with Crippen molar-refractivity contribution in [2.24, 2.45) is 0 Å². The van der Waals surface area contributed by atoms with E-state index in [9.17, 15) is 35.4 Å². The summed E-state index contributed by atoms with van der Waals surface area (Å²) in [6.45, 7) is -0.0673. The number of hydrogen-bond acceptors (Lipinski definition) is 11. The van der Waals surface area contributed by atoms with E-state index in [4.69, 9.17) is 18.9 Å². The second-order valence-electron chi connectivity index (χ2n) is 8.62. The van der Waals surface area contributed by atoms with Gasteiger partial charge < -0.3 is 54.9 Å². The molecule has 1 aliphatic heterocycles. The van der Waals surface area contributed by atoms with E-state index in [2.05, 4.69) is 5.32 Å². The van der Waals surface area contributed by atoms with E-state index in [1.807, 2.05) is 0 Å². The number of aromatic hydroxyl groups is 2. The number of aliphatic hydroxyl groups is 4. The first-order valence-electron chi connectivity index (χ1n) is 12.0. The van der Waals surface area contributed by atoms with Crippen LogP contribution < -0.4 is 19.5 Å². The summed E-state index contributed by atoms with van der Waals surface area (Å²) in [5.74, 6) is -0.567. The fraction of sp³-hybridized carbons (Fsp3) is 0.296. The highest BCUT2D eigenvalue weighted by Gasteiger charge is 2.43. The molecule has 1 fully saturated rings. The van der Waals surface area contributed by atoms with Crippen molar-refractivity contribution in [3.05, 3.63) is 72.3 Å². The molecule has 12 heteroatoms. The Morgan fingerprint density at radius 3 is 2.08 bits per heavy atom. The van der Waals surface area contributed by atoms with Gasteiger partial charge in [0.15, 0.2) is 29.3 Å². The van der Waals surface area contributed by atoms with E-state index in [-0.39, 0.29) is 25.4 Å². The van der Waals surface area contributed by atoms with Gasteiger partial charge >= 0.3 is 0 Å². The van der Waals surface area contributed by atoms with Crippen molar-refractivity contribution in [1.82, 2.24) is 0 Å². The van der Waals surface area contributed by atoms with Crippen LogP contribution in [-0.2, 0) is 4.74 Å². The van der Waals surface area contributed by atoms with Crippen LogP contribution in [0.15, 0.2) is 66.7 Å². The average Bonchev–Trinajstić information content (AvgIpc) is 2.94. The Labute approximate surface area is 223 Å². The summed E-state index contributed by atoms with van der Waals surface area (Å²) in [5.41, 5.74) is 0.241. The molecule has 208 valence electrons. The first-order chi connectivity index (χ1) is 18.8. The van der Waals surface area contributed by atoms with Crippen LogP contribution in [0.5, 0.6) is 28.7 Å². The molecule has 0 bridgehead atoms. The minimum atomic E-state index is -1.67. The molecule has 1 heterocycles. The highest BCUT2D eigenvalue weighted by atomic mass is 16.6. The Morgan fingerprint density at radius 1 is 0.744 bits per heavy atom. The van der Waals surface area contributed by atoms with Crippen LogP contribution in [0.1, 0.15) is 10.4 Å². The van der Waals surface area contributed by atoms with Crippen LogP contribution in [0.25, 0.3) is 0 Å². The van der Waals surface area contributed by atoms with E-state index in [1.165, 1.54) is 18.2 Å². The summed E-state index contributed by atoms with van der Waals surface area (Å²) < 4.78 is 22.3. The molecule has 39 heavy (non-hydrogen) atoms. The molecule has 0 aliphatic carbocycles. The van der Waals surface area contributed by atoms with Crippen LogP contribution in [0.4, 0.5) is 5.69 Å². The molecule has 1 amide bonds. The molecule has 4 rings (SSSR count). The van der Waals surface area contributed by atoms with Gasteiger partial charge in [0.05, 0.1) is 11.3 Å². The summed E-state index contributed by atoms with van der Waals surface area (Å²) in [5, 5.41) is 61.5. The Bertz CT molecular complexity index is 1270. The minimum Gasteiger partial charge on any atom is -0.504 e. The number of ether oxygens (including phenoxy) is 4. The molecule has 0 radical (unpaired) electrons. The lowest BCUT2D eigenvalue weighted by atomic mass is 9.99. The number of carbonyl (C=O) groups excluding carboxylic acids is 1. The lowest BCUT2D eigenvalue weighted by molar-refractivity contribution is -0.285. The van der Waals surface area contributed by atoms with Crippen molar-refractivity contribution < 1.29 is 54.4 Å². The van der Waals surface area contributed by atoms with Gasteiger partial charge in [-0.25, -0.2) is 0 Å². The number of aliphatic hydroxyl groups excluding tert-OH is 4. The highest BCUT2D eigenvalue weighted by molar-refractivity contribution is 6.07. The van der Waals surface area contributed by atoms with Crippen molar-refractivity contribution in [2.75, 3.05) is 25.1 Å². The number of phenolic OH excluding ortho intramolecular Hbond substituents is 2. The maximum atomic E-state index is 12.6. The first kappa shape index (κ1) is 28.0. The molecule has 1 aliphatic rings. The molecular formula is C27H29NO11. The number of hydrogen-bond donors (Lipinski definition) is 7. The smallest absolute Gasteiger partial charge is 0.259 e. The third kappa shape index (κ3) is 6.69. The zero-order valence-corrected chi connectivity index (χ0v) is 20.6. The molecule has 0 aromatic heterocycles. The summed E-state index contributed by atoms with van der Waals surface area (Å²) in [4.78, 5) is 12.6. The molecule has 0 unspecified atom stereocenters. The number of anilines is 1. The Hall–Kier alpha value is -4.07. The van der Waals surface area contributed by atoms with E-state index in [0.29, 0.717) is 22.9 Å². The predicted molar refractivity (Wildman–Crippen MR) is 136 cm³/mol. The number of rotatable bonds is 10. The van der Waals surface area contributed by atoms with Crippen molar-refractivity contribution in [2.45, 2.75) is 30.7 Å². The predicted octanol–water partition coefficient (Wildman–Crippen LogP) is 0.987. The normalized spacial score (nSPS) is 22.6. The summed E-state index contributed by atoms with van der Waals surface area (Å²) in [7, 11) is 0. The van der Waals surface area contributed by atoms with Crippen molar-refractivity contribution in [1.29, 1.82) is 0 Å². The van der Waals surface area contributed by atoms with Crippen LogP contribution in [0.2, 0.25) is 0 Å². The first-order valence-corrected chi connectivity index (χ1v) is 12.0. The largest absolute Gasteiger partial charge is 0.504 e. The molecule has 7 N–H and O–H groups in total. The molecule has 0 spiro atoms. The summed E-state index contributed by atoms with van der Waals surface area (Å²) in [6, 6.07) is 17.4. The Morgan fingerprint density at radius 2 is 1.36 bits per heavy atom. The SMILES string of the molecule is O=C(Nc1ccccc1OCCOc1ccccc1OC[C@H]1O[C@@H](O)[C@H](O)[C@@H](O)[C@@H]1O)c1cccc(O)c1O. The Kier molecular flexibility index (Phi) is 9.07. The molecule has 3 aromatic carbocycles. The Balaban J connectivity index is 1.31. The van der Waals surface area contributed by atoms with E-state index in [1.54, 1.807) is 48.5 Å². The number of phenols is 2. The lowest BCUT2D eigenvalue weighted by Gasteiger charge is -2.38. The molecule has 3 aromatic rings. The van der Waals surface area contributed by atoms with Crippen molar-refractivity contribution in [3.63, 3.8) is 0 Å². The third-order valence-electron chi connectivity index (χ3n) is 5.93. The fourth-order valence-corrected chi connectivity index (χ4v) is 3.83. The molecule has 5 atom stereocenters. The number of nitrogens with one attached hydrogen (secondary N) is 1. The van der Waals surface area contributed by atoms with Crippen molar-refractivity contribution >= 4 is 11.6 Å². The number of para-hydroxylation sites is 5. The molecule has 12 nitrogen and oxygen atoms in total. The quantitative estimate of drug-likeness (QED) is 0.143. The van der Waals surface area contributed by atoms with Gasteiger partial charge in [-0.05, 0) is 36.4 Å². The minimum absolute atomic E-state index is 0.0827. The van der Waals surface area contributed by atoms with Gasteiger partial charge in [-0.2, -0.15) is 0 Å². The lowest BCUT2D eigenvalue weighted by Crippen LogP contribution is -2.58. The number of carbonyl (C=O) groups is 1. The zero-order valence-electron chi connectivity index (χ0n) is 20.6. The fourth-order valence-electron chi connectivity index (χ4n) is 3.83. The molecule has 0 saturated carbocycles. The summed E-state index contributed by atoms with van der Waals surface area (Å²) >= 11 is 0. The maximum absolute atomic E-state index is 12.6. The van der Waals surface area contributed by atoms with Gasteiger partial charge in [-0.1, -0.05) is 30.3 Å². The highest BCUT2D eigenvalue weighted by Crippen LogP contribution is 2.31. The third-order valence-corrected chi connectivity index (χ3v) is 5.93. The van der Waals surface area contributed by atoms with Gasteiger partial charge in [-0.3, -0.25) is 4.79 Å². The topological polar surface area (TPSA) is 187 Å². The van der Waals surface area contributed by atoms with Crippen molar-refractivity contribution in [3.8, 4) is 28.7 Å². The molecule has 1 saturated heterocycles. The number of benzene rings is 3. The van der Waals surface area contributed by atoms with Gasteiger partial charge in [0.25, 0.3) is 5.91 Å². The second-order valence-corrected chi connectivity index (χ2v) is 8.62. The van der Waals surface area contributed by atoms with Crippen LogP contribution >= 0.6 is 0 Å². The van der Waals surface area contributed by atoms with Crippen LogP contribution in [0.3, 0.4) is 0 Å². The van der Waals surface area contributed by atoms with Gasteiger partial charge in [-0.15, -0.1) is 0 Å². The van der Waals surface area contributed by atoms with E-state index < -0.39 is 48.1 Å². The summed E-state index contributed by atoms with van der Waals surface area (Å²) in [6.07, 6.45) is -7.46. The van der Waals surface area contributed by atoms with Gasteiger partial charge in [0, 0.05) is 0 Å². The number of amides is 1. The average molecular weight is 544 g/mol. The maximum Gasteiger partial charge on any atom is 0.259 e. The van der Waals surface area contributed by atoms with Gasteiger partial charge in [0.1, 0.15) is 50.0 Å². The van der Waals surface area contributed by atoms with E-state index in [0.717, 1.165) is 0 Å². The van der Waals surface area contributed by atoms with Crippen LogP contribution in [0, 0.1) is 0 Å². The monoisotopic (exact) mass is 543 g/mol. The van der Waals surface area contributed by atoms with Gasteiger partial charge in [0.2, 0.25) is 0 Å². The standard InChI is InChI=1S/C27H29NO11/c29-17-8-5-6-15(22(17)30)26(34)28-16-7-1-2-9-18(16)36-12-13-37-19-10-3-4-11-20(19)38-14-21-23(31)24(32)25(33)27(35)39-21/h1-11,21,23-25,27,29-33,35H,12-14H2,(H,28,34)/t21-,23-,24+,25-,27-/m1/s1. The molecular weight excluding hydrogens is 514 g/mol. The zero-order chi connectivity index (χ0) is 27.9.